The van der Waals surface area contributed by atoms with Crippen molar-refractivity contribution in [1.29, 1.82) is 0 Å². The molecule has 0 saturated carbocycles. The Morgan fingerprint density at radius 1 is 1.00 bits per heavy atom. The Bertz CT molecular complexity index is 1310. The van der Waals surface area contributed by atoms with E-state index in [0.717, 1.165) is 25.1 Å². The van der Waals surface area contributed by atoms with E-state index in [1.807, 2.05) is 12.1 Å². The van der Waals surface area contributed by atoms with Crippen LogP contribution in [0.3, 0.4) is 0 Å². The van der Waals surface area contributed by atoms with Gasteiger partial charge in [-0.15, -0.1) is 0 Å². The van der Waals surface area contributed by atoms with Crippen molar-refractivity contribution in [1.82, 2.24) is 10.6 Å². The molecule has 3 aromatic carbocycles. The molecule has 0 bridgehead atoms. The number of carbonyl (C=O) groups excluding carboxylic acids is 1. The number of fused-ring (bicyclic) bond motifs is 1. The molecule has 178 valence electrons. The standard InChI is InChI=1S/C24H24Cl2N4O3S/c1-15(21-3-2-4-22(25)23(21)26)28-24(31)29-18-7-9-20(10-8-18)34(32,33)30-19-6-5-16-11-12-27-14-17(16)13-19/h2-10,13,15,27,30H,11-12,14H2,1H3,(H2,28,29,31)/t15-/m0/s1. The van der Waals surface area contributed by atoms with E-state index in [4.69, 9.17) is 23.2 Å². The van der Waals surface area contributed by atoms with Crippen molar-refractivity contribution in [3.05, 3.63) is 87.4 Å². The van der Waals surface area contributed by atoms with E-state index in [0.29, 0.717) is 27.0 Å². The van der Waals surface area contributed by atoms with Gasteiger partial charge in [0.2, 0.25) is 0 Å². The molecule has 2 amide bonds. The molecule has 0 fully saturated rings. The summed E-state index contributed by atoms with van der Waals surface area (Å²) in [7, 11) is -3.77. The SMILES string of the molecule is C[C@H](NC(=O)Nc1ccc(S(=O)(=O)Nc2ccc3c(c2)CNCC3)cc1)c1cccc(Cl)c1Cl. The molecule has 1 heterocycles. The van der Waals surface area contributed by atoms with Gasteiger partial charge >= 0.3 is 6.03 Å². The Kier molecular flexibility index (Phi) is 7.33. The number of urea groups is 1. The molecule has 1 atom stereocenters. The fourth-order valence-corrected chi connectivity index (χ4v) is 5.29. The lowest BCUT2D eigenvalue weighted by molar-refractivity contribution is 0.249. The van der Waals surface area contributed by atoms with Gasteiger partial charge in [-0.1, -0.05) is 41.4 Å². The Hall–Kier alpha value is -2.78. The number of carbonyl (C=O) groups is 1. The molecular weight excluding hydrogens is 495 g/mol. The second-order valence-corrected chi connectivity index (χ2v) is 10.5. The Morgan fingerprint density at radius 3 is 2.50 bits per heavy atom. The second-order valence-electron chi connectivity index (χ2n) is 8.00. The Labute approximate surface area is 208 Å². The number of amides is 2. The maximum absolute atomic E-state index is 12.8. The third-order valence-corrected chi connectivity index (χ3v) is 7.79. The fourth-order valence-electron chi connectivity index (χ4n) is 3.77. The van der Waals surface area contributed by atoms with Gasteiger partial charge in [0.25, 0.3) is 10.0 Å². The van der Waals surface area contributed by atoms with Crippen LogP contribution in [0.1, 0.15) is 29.7 Å². The lowest BCUT2D eigenvalue weighted by atomic mass is 10.0. The van der Waals surface area contributed by atoms with Crippen LogP contribution in [0, 0.1) is 0 Å². The first-order valence-corrected chi connectivity index (χ1v) is 12.9. The third-order valence-electron chi connectivity index (χ3n) is 5.56. The molecular formula is C24H24Cl2N4O3S. The number of hydrogen-bond acceptors (Lipinski definition) is 4. The maximum Gasteiger partial charge on any atom is 0.319 e. The first kappa shape index (κ1) is 24.3. The summed E-state index contributed by atoms with van der Waals surface area (Å²) in [6.07, 6.45) is 0.926. The minimum Gasteiger partial charge on any atom is -0.331 e. The summed E-state index contributed by atoms with van der Waals surface area (Å²) >= 11 is 12.3. The highest BCUT2D eigenvalue weighted by molar-refractivity contribution is 7.92. The quantitative estimate of drug-likeness (QED) is 0.354. The van der Waals surface area contributed by atoms with Crippen LogP contribution in [0.25, 0.3) is 0 Å². The fraction of sp³-hybridized carbons (Fsp3) is 0.208. The Morgan fingerprint density at radius 2 is 1.74 bits per heavy atom. The number of halogens is 2. The molecule has 4 rings (SSSR count). The van der Waals surface area contributed by atoms with Gasteiger partial charge in [0.05, 0.1) is 21.0 Å². The zero-order valence-electron chi connectivity index (χ0n) is 18.4. The van der Waals surface area contributed by atoms with E-state index in [9.17, 15) is 13.2 Å². The molecule has 1 aliphatic rings. The van der Waals surface area contributed by atoms with E-state index in [1.165, 1.54) is 29.8 Å². The van der Waals surface area contributed by atoms with Crippen molar-refractivity contribution < 1.29 is 13.2 Å². The van der Waals surface area contributed by atoms with Crippen molar-refractivity contribution >= 4 is 50.6 Å². The third kappa shape index (κ3) is 5.64. The van der Waals surface area contributed by atoms with Crippen LogP contribution in [0.4, 0.5) is 16.2 Å². The summed E-state index contributed by atoms with van der Waals surface area (Å²) in [5.74, 6) is 0. The van der Waals surface area contributed by atoms with Gasteiger partial charge in [0.15, 0.2) is 0 Å². The molecule has 0 unspecified atom stereocenters. The molecule has 3 aromatic rings. The molecule has 0 radical (unpaired) electrons. The van der Waals surface area contributed by atoms with Crippen LogP contribution < -0.4 is 20.7 Å². The average Bonchev–Trinajstić information content (AvgIpc) is 2.80. The van der Waals surface area contributed by atoms with Crippen molar-refractivity contribution in [2.75, 3.05) is 16.6 Å². The summed E-state index contributed by atoms with van der Waals surface area (Å²) in [6, 6.07) is 15.9. The monoisotopic (exact) mass is 518 g/mol. The van der Waals surface area contributed by atoms with Gasteiger partial charge in [0.1, 0.15) is 0 Å². The van der Waals surface area contributed by atoms with Crippen LogP contribution in [-0.2, 0) is 23.0 Å². The first-order chi connectivity index (χ1) is 16.2. The largest absolute Gasteiger partial charge is 0.331 e. The number of benzene rings is 3. The lowest BCUT2D eigenvalue weighted by Crippen LogP contribution is -2.31. The molecule has 10 heteroatoms. The van der Waals surface area contributed by atoms with Gasteiger partial charge in [-0.25, -0.2) is 13.2 Å². The van der Waals surface area contributed by atoms with E-state index in [-0.39, 0.29) is 10.9 Å². The zero-order chi connectivity index (χ0) is 24.3. The minimum absolute atomic E-state index is 0.0911. The van der Waals surface area contributed by atoms with Crippen molar-refractivity contribution in [2.45, 2.75) is 30.8 Å². The highest BCUT2D eigenvalue weighted by atomic mass is 35.5. The van der Waals surface area contributed by atoms with Crippen LogP contribution in [0.5, 0.6) is 0 Å². The molecule has 7 nitrogen and oxygen atoms in total. The molecule has 1 aliphatic heterocycles. The summed E-state index contributed by atoms with van der Waals surface area (Å²) in [5.41, 5.74) is 3.96. The summed E-state index contributed by atoms with van der Waals surface area (Å²) in [6.45, 7) is 3.43. The number of nitrogens with one attached hydrogen (secondary N) is 4. The van der Waals surface area contributed by atoms with Gasteiger partial charge in [-0.3, -0.25) is 4.72 Å². The van der Waals surface area contributed by atoms with Crippen LogP contribution in [-0.4, -0.2) is 21.0 Å². The number of hydrogen-bond donors (Lipinski definition) is 4. The number of anilines is 2. The normalized spacial score (nSPS) is 14.1. The topological polar surface area (TPSA) is 99.3 Å². The van der Waals surface area contributed by atoms with Gasteiger partial charge in [-0.05, 0) is 79.0 Å². The predicted molar refractivity (Wildman–Crippen MR) is 136 cm³/mol. The molecule has 34 heavy (non-hydrogen) atoms. The van der Waals surface area contributed by atoms with Gasteiger partial charge in [0, 0.05) is 17.9 Å². The van der Waals surface area contributed by atoms with Gasteiger partial charge < -0.3 is 16.0 Å². The van der Waals surface area contributed by atoms with Crippen molar-refractivity contribution in [3.8, 4) is 0 Å². The van der Waals surface area contributed by atoms with E-state index < -0.39 is 16.1 Å². The summed E-state index contributed by atoms with van der Waals surface area (Å²) in [5, 5.41) is 9.55. The average molecular weight is 519 g/mol. The summed E-state index contributed by atoms with van der Waals surface area (Å²) < 4.78 is 28.3. The molecule has 4 N–H and O–H groups in total. The van der Waals surface area contributed by atoms with Crippen LogP contribution >= 0.6 is 23.2 Å². The highest BCUT2D eigenvalue weighted by Gasteiger charge is 2.17. The van der Waals surface area contributed by atoms with E-state index in [2.05, 4.69) is 20.7 Å². The number of sulfonamides is 1. The van der Waals surface area contributed by atoms with Crippen molar-refractivity contribution in [2.24, 2.45) is 0 Å². The minimum atomic E-state index is -3.77. The lowest BCUT2D eigenvalue weighted by Gasteiger charge is -2.18. The predicted octanol–water partition coefficient (Wildman–Crippen LogP) is 5.32. The molecule has 0 aliphatic carbocycles. The summed E-state index contributed by atoms with van der Waals surface area (Å²) in [4.78, 5) is 12.5. The van der Waals surface area contributed by atoms with Gasteiger partial charge in [-0.2, -0.15) is 0 Å². The van der Waals surface area contributed by atoms with E-state index >= 15 is 0 Å². The highest BCUT2D eigenvalue weighted by Crippen LogP contribution is 2.30. The van der Waals surface area contributed by atoms with Crippen LogP contribution in [0.15, 0.2) is 65.6 Å². The van der Waals surface area contributed by atoms with E-state index in [1.54, 1.807) is 31.2 Å². The smallest absolute Gasteiger partial charge is 0.319 e. The van der Waals surface area contributed by atoms with Crippen LogP contribution in [0.2, 0.25) is 10.0 Å². The zero-order valence-corrected chi connectivity index (χ0v) is 20.7. The first-order valence-electron chi connectivity index (χ1n) is 10.7. The van der Waals surface area contributed by atoms with Crippen molar-refractivity contribution in [3.63, 3.8) is 0 Å². The Balaban J connectivity index is 1.39. The molecule has 0 saturated heterocycles. The molecule has 0 aromatic heterocycles. The maximum atomic E-state index is 12.8. The second kappa shape index (κ2) is 10.2. The number of rotatable bonds is 6. The molecule has 0 spiro atoms.